The van der Waals surface area contributed by atoms with Crippen molar-refractivity contribution in [1.29, 1.82) is 0 Å². The predicted molar refractivity (Wildman–Crippen MR) is 154 cm³/mol. The smallest absolute Gasteiger partial charge is 0.254 e. The van der Waals surface area contributed by atoms with Crippen molar-refractivity contribution in [3.63, 3.8) is 0 Å². The first-order valence-corrected chi connectivity index (χ1v) is 14.4. The van der Waals surface area contributed by atoms with Gasteiger partial charge in [-0.3, -0.25) is 14.5 Å². The summed E-state index contributed by atoms with van der Waals surface area (Å²) in [6, 6.07) is 21.7. The number of piperazine rings is 1. The topological polar surface area (TPSA) is 62.3 Å². The Morgan fingerprint density at radius 1 is 0.923 bits per heavy atom. The van der Waals surface area contributed by atoms with Crippen LogP contribution >= 0.6 is 11.8 Å². The Morgan fingerprint density at radius 2 is 1.56 bits per heavy atom. The Hall–Kier alpha value is -3.49. The Labute approximate surface area is 234 Å². The number of carbonyl (C=O) groups is 2. The third kappa shape index (κ3) is 5.36. The number of thioether (sulfide) groups is 1. The van der Waals surface area contributed by atoms with Gasteiger partial charge in [0.2, 0.25) is 5.91 Å². The molecule has 1 saturated heterocycles. The third-order valence-corrected chi connectivity index (χ3v) is 8.57. The molecule has 39 heavy (non-hydrogen) atoms. The molecule has 3 aromatic carbocycles. The molecule has 2 amide bonds. The van der Waals surface area contributed by atoms with Crippen molar-refractivity contribution in [3.8, 4) is 11.5 Å². The number of carbonyl (C=O) groups excluding carboxylic acids is 2. The van der Waals surface area contributed by atoms with Gasteiger partial charge in [-0.25, -0.2) is 0 Å². The Balaban J connectivity index is 1.49. The highest BCUT2D eigenvalue weighted by atomic mass is 32.2. The standard InChI is InChI=1S/C31H35N3O4S/c1-32-29(22-10-12-23(39-4)13-11-22)28(24-18-26(37-2)27(38-3)19-25(24)30(32)35)31(36)34-16-14-33(15-17-34)20-21-8-6-5-7-9-21/h5-13,18-19,28-29H,14-17,20H2,1-4H3/t28-,29-/m0/s1. The number of nitrogens with zero attached hydrogens (tertiary/aromatic N) is 3. The quantitative estimate of drug-likeness (QED) is 0.402. The van der Waals surface area contributed by atoms with Crippen LogP contribution in [-0.4, -0.2) is 80.2 Å². The van der Waals surface area contributed by atoms with E-state index < -0.39 is 12.0 Å². The Kier molecular flexibility index (Phi) is 8.14. The maximum Gasteiger partial charge on any atom is 0.254 e. The fraction of sp³-hybridized carbons (Fsp3) is 0.355. The van der Waals surface area contributed by atoms with Crippen LogP contribution in [0, 0.1) is 0 Å². The van der Waals surface area contributed by atoms with Crippen LogP contribution in [0.25, 0.3) is 0 Å². The molecule has 0 bridgehead atoms. The summed E-state index contributed by atoms with van der Waals surface area (Å²) in [6.07, 6.45) is 2.03. The fourth-order valence-electron chi connectivity index (χ4n) is 5.70. The monoisotopic (exact) mass is 545 g/mol. The molecule has 204 valence electrons. The van der Waals surface area contributed by atoms with Crippen molar-refractivity contribution in [2.24, 2.45) is 0 Å². The van der Waals surface area contributed by atoms with Crippen LogP contribution in [0.5, 0.6) is 11.5 Å². The second-order valence-corrected chi connectivity index (χ2v) is 10.9. The van der Waals surface area contributed by atoms with Gasteiger partial charge in [-0.15, -0.1) is 11.8 Å². The van der Waals surface area contributed by atoms with Crippen molar-refractivity contribution in [3.05, 3.63) is 89.0 Å². The summed E-state index contributed by atoms with van der Waals surface area (Å²) in [5.74, 6) is 0.308. The average Bonchev–Trinajstić information content (AvgIpc) is 2.99. The lowest BCUT2D eigenvalue weighted by molar-refractivity contribution is -0.136. The van der Waals surface area contributed by atoms with Crippen LogP contribution < -0.4 is 9.47 Å². The van der Waals surface area contributed by atoms with Gasteiger partial charge in [-0.05, 0) is 47.2 Å². The second-order valence-electron chi connectivity index (χ2n) is 9.99. The largest absolute Gasteiger partial charge is 0.493 e. The van der Waals surface area contributed by atoms with E-state index in [2.05, 4.69) is 29.2 Å². The lowest BCUT2D eigenvalue weighted by Crippen LogP contribution is -2.52. The molecule has 0 unspecified atom stereocenters. The minimum Gasteiger partial charge on any atom is -0.493 e. The van der Waals surface area contributed by atoms with Crippen molar-refractivity contribution < 1.29 is 19.1 Å². The summed E-state index contributed by atoms with van der Waals surface area (Å²) in [5, 5.41) is 0. The Bertz CT molecular complexity index is 1320. The first-order valence-electron chi connectivity index (χ1n) is 13.2. The van der Waals surface area contributed by atoms with E-state index in [1.807, 2.05) is 47.6 Å². The van der Waals surface area contributed by atoms with E-state index in [0.29, 0.717) is 35.7 Å². The number of benzene rings is 3. The Morgan fingerprint density at radius 3 is 2.18 bits per heavy atom. The van der Waals surface area contributed by atoms with Gasteiger partial charge in [0.15, 0.2) is 11.5 Å². The van der Waals surface area contributed by atoms with Crippen molar-refractivity contribution in [1.82, 2.24) is 14.7 Å². The number of methoxy groups -OCH3 is 2. The molecule has 2 aliphatic heterocycles. The summed E-state index contributed by atoms with van der Waals surface area (Å²) in [7, 11) is 4.91. The lowest BCUT2D eigenvalue weighted by atomic mass is 9.78. The molecule has 7 nitrogen and oxygen atoms in total. The molecule has 0 spiro atoms. The third-order valence-electron chi connectivity index (χ3n) is 7.83. The molecule has 0 aliphatic carbocycles. The molecule has 3 aromatic rings. The SMILES string of the molecule is COc1cc2c(cc1OC)[C@H](C(=O)N1CCN(Cc3ccccc3)CC1)[C@H](c1ccc(SC)cc1)N(C)C2=O. The fourth-order valence-corrected chi connectivity index (χ4v) is 6.11. The summed E-state index contributed by atoms with van der Waals surface area (Å²) in [4.78, 5) is 35.2. The normalized spacial score (nSPS) is 19.5. The van der Waals surface area contributed by atoms with Gasteiger partial charge in [0.25, 0.3) is 5.91 Å². The average molecular weight is 546 g/mol. The number of hydrogen-bond donors (Lipinski definition) is 0. The van der Waals surface area contributed by atoms with Gasteiger partial charge < -0.3 is 19.3 Å². The van der Waals surface area contributed by atoms with Gasteiger partial charge in [0.1, 0.15) is 0 Å². The zero-order valence-corrected chi connectivity index (χ0v) is 23.7. The summed E-state index contributed by atoms with van der Waals surface area (Å²) in [5.41, 5.74) is 3.37. The van der Waals surface area contributed by atoms with E-state index in [0.717, 1.165) is 30.1 Å². The van der Waals surface area contributed by atoms with Gasteiger partial charge in [0, 0.05) is 50.2 Å². The zero-order valence-electron chi connectivity index (χ0n) is 22.9. The minimum absolute atomic E-state index is 0.0288. The van der Waals surface area contributed by atoms with Gasteiger partial charge >= 0.3 is 0 Å². The van der Waals surface area contributed by atoms with E-state index >= 15 is 0 Å². The molecule has 0 aromatic heterocycles. The molecule has 2 heterocycles. The molecule has 0 radical (unpaired) electrons. The first kappa shape index (κ1) is 27.1. The van der Waals surface area contributed by atoms with Crippen LogP contribution in [-0.2, 0) is 11.3 Å². The number of rotatable bonds is 7. The molecule has 2 aliphatic rings. The maximum atomic E-state index is 14.4. The number of amides is 2. The van der Waals surface area contributed by atoms with E-state index in [9.17, 15) is 9.59 Å². The van der Waals surface area contributed by atoms with Gasteiger partial charge in [0.05, 0.1) is 26.2 Å². The van der Waals surface area contributed by atoms with Crippen LogP contribution in [0.2, 0.25) is 0 Å². The molecule has 2 atom stereocenters. The highest BCUT2D eigenvalue weighted by Gasteiger charge is 2.45. The summed E-state index contributed by atoms with van der Waals surface area (Å²) >= 11 is 1.66. The van der Waals surface area contributed by atoms with Gasteiger partial charge in [-0.2, -0.15) is 0 Å². The van der Waals surface area contributed by atoms with E-state index in [4.69, 9.17) is 9.47 Å². The van der Waals surface area contributed by atoms with Crippen molar-refractivity contribution in [2.45, 2.75) is 23.4 Å². The van der Waals surface area contributed by atoms with Crippen LogP contribution in [0.4, 0.5) is 0 Å². The minimum atomic E-state index is -0.566. The van der Waals surface area contributed by atoms with Crippen LogP contribution in [0.3, 0.4) is 0 Å². The highest BCUT2D eigenvalue weighted by Crippen LogP contribution is 2.46. The maximum absolute atomic E-state index is 14.4. The number of ether oxygens (including phenoxy) is 2. The van der Waals surface area contributed by atoms with Crippen molar-refractivity contribution in [2.75, 3.05) is 53.7 Å². The van der Waals surface area contributed by atoms with E-state index in [1.54, 1.807) is 44.0 Å². The molecule has 0 N–H and O–H groups in total. The van der Waals surface area contributed by atoms with Crippen molar-refractivity contribution >= 4 is 23.6 Å². The highest BCUT2D eigenvalue weighted by molar-refractivity contribution is 7.98. The van der Waals surface area contributed by atoms with Crippen LogP contribution in [0.1, 0.15) is 39.0 Å². The first-order chi connectivity index (χ1) is 18.9. The molecule has 8 heteroatoms. The number of hydrogen-bond acceptors (Lipinski definition) is 6. The molecular formula is C31H35N3O4S. The second kappa shape index (κ2) is 11.7. The molecule has 5 rings (SSSR count). The molecule has 0 saturated carbocycles. The van der Waals surface area contributed by atoms with E-state index in [-0.39, 0.29) is 11.8 Å². The predicted octanol–water partition coefficient (Wildman–Crippen LogP) is 4.68. The zero-order chi connectivity index (χ0) is 27.5. The number of likely N-dealkylation sites (N-methyl/N-ethyl adjacent to an activating group) is 1. The molecule has 1 fully saturated rings. The summed E-state index contributed by atoms with van der Waals surface area (Å²) < 4.78 is 11.1. The van der Waals surface area contributed by atoms with E-state index in [1.165, 1.54) is 5.56 Å². The van der Waals surface area contributed by atoms with Gasteiger partial charge in [-0.1, -0.05) is 42.5 Å². The molecular weight excluding hydrogens is 510 g/mol. The summed E-state index contributed by atoms with van der Waals surface area (Å²) in [6.45, 7) is 3.75. The van der Waals surface area contributed by atoms with Crippen LogP contribution in [0.15, 0.2) is 71.6 Å². The number of fused-ring (bicyclic) bond motifs is 1. The lowest BCUT2D eigenvalue weighted by Gasteiger charge is -2.43.